The molecule has 0 aliphatic rings. The Morgan fingerprint density at radius 2 is 1.96 bits per heavy atom. The van der Waals surface area contributed by atoms with Gasteiger partial charge in [0.05, 0.1) is 13.1 Å². The van der Waals surface area contributed by atoms with Crippen molar-refractivity contribution in [2.24, 2.45) is 0 Å². The highest BCUT2D eigenvalue weighted by Gasteiger charge is 2.10. The number of para-hydroxylation sites is 1. The lowest BCUT2D eigenvalue weighted by molar-refractivity contribution is -0.117. The second-order valence-corrected chi connectivity index (χ2v) is 5.84. The van der Waals surface area contributed by atoms with Crippen LogP contribution in [0, 0.1) is 6.92 Å². The predicted molar refractivity (Wildman–Crippen MR) is 92.4 cm³/mol. The highest BCUT2D eigenvalue weighted by atomic mass is 16.3. The summed E-state index contributed by atoms with van der Waals surface area (Å²) in [5, 5.41) is 4.00. The number of benzene rings is 2. The van der Waals surface area contributed by atoms with Crippen molar-refractivity contribution >= 4 is 22.6 Å². The number of hydrogen-bond donors (Lipinski definition) is 1. The average molecular weight is 308 g/mol. The van der Waals surface area contributed by atoms with Gasteiger partial charge in [0.25, 0.3) is 0 Å². The van der Waals surface area contributed by atoms with Gasteiger partial charge in [0, 0.05) is 11.1 Å². The van der Waals surface area contributed by atoms with E-state index in [1.54, 1.807) is 0 Å². The number of carbonyl (C=O) groups is 1. The van der Waals surface area contributed by atoms with E-state index in [-0.39, 0.29) is 5.91 Å². The Kier molecular flexibility index (Phi) is 4.44. The summed E-state index contributed by atoms with van der Waals surface area (Å²) in [5.41, 5.74) is 2.82. The fraction of sp³-hybridized carbons (Fsp3) is 0.211. The minimum Gasteiger partial charge on any atom is -0.460 e. The number of likely N-dealkylation sites (N-methyl/N-ethyl adjacent to an activating group) is 1. The summed E-state index contributed by atoms with van der Waals surface area (Å²) >= 11 is 0. The van der Waals surface area contributed by atoms with Crippen LogP contribution in [0.4, 0.5) is 5.69 Å². The molecule has 4 heteroatoms. The standard InChI is InChI=1S/C19H20N2O2/c1-14-6-5-8-16(10-14)20-19(22)13-21(2)12-17-11-15-7-3-4-9-18(15)23-17/h3-11H,12-13H2,1-2H3,(H,20,22). The highest BCUT2D eigenvalue weighted by molar-refractivity contribution is 5.92. The molecule has 1 amide bonds. The minimum atomic E-state index is -0.0331. The van der Waals surface area contributed by atoms with Crippen LogP contribution in [0.5, 0.6) is 0 Å². The number of aryl methyl sites for hydroxylation is 1. The monoisotopic (exact) mass is 308 g/mol. The van der Waals surface area contributed by atoms with Gasteiger partial charge in [-0.15, -0.1) is 0 Å². The van der Waals surface area contributed by atoms with E-state index >= 15 is 0 Å². The van der Waals surface area contributed by atoms with Gasteiger partial charge in [0.1, 0.15) is 11.3 Å². The van der Waals surface area contributed by atoms with E-state index in [9.17, 15) is 4.79 Å². The van der Waals surface area contributed by atoms with Gasteiger partial charge in [-0.3, -0.25) is 9.69 Å². The Morgan fingerprint density at radius 1 is 1.13 bits per heavy atom. The van der Waals surface area contributed by atoms with Crippen LogP contribution in [0.25, 0.3) is 11.0 Å². The van der Waals surface area contributed by atoms with Crippen LogP contribution >= 0.6 is 0 Å². The van der Waals surface area contributed by atoms with Crippen molar-refractivity contribution in [3.63, 3.8) is 0 Å². The molecule has 0 aliphatic heterocycles. The van der Waals surface area contributed by atoms with Crippen molar-refractivity contribution in [1.82, 2.24) is 4.90 Å². The molecule has 0 bridgehead atoms. The molecule has 3 rings (SSSR count). The van der Waals surface area contributed by atoms with E-state index < -0.39 is 0 Å². The number of furan rings is 1. The summed E-state index contributed by atoms with van der Waals surface area (Å²) in [4.78, 5) is 14.0. The van der Waals surface area contributed by atoms with E-state index in [1.807, 2.05) is 73.5 Å². The zero-order valence-electron chi connectivity index (χ0n) is 13.4. The van der Waals surface area contributed by atoms with Crippen molar-refractivity contribution < 1.29 is 9.21 Å². The van der Waals surface area contributed by atoms with Crippen molar-refractivity contribution in [3.05, 3.63) is 65.9 Å². The van der Waals surface area contributed by atoms with Gasteiger partial charge in [-0.2, -0.15) is 0 Å². The third-order valence-electron chi connectivity index (χ3n) is 3.62. The first-order valence-electron chi connectivity index (χ1n) is 7.63. The summed E-state index contributed by atoms with van der Waals surface area (Å²) in [6.45, 7) is 2.91. The van der Waals surface area contributed by atoms with E-state index in [2.05, 4.69) is 5.32 Å². The van der Waals surface area contributed by atoms with Gasteiger partial charge < -0.3 is 9.73 Å². The molecule has 0 saturated carbocycles. The van der Waals surface area contributed by atoms with Crippen LogP contribution < -0.4 is 5.32 Å². The maximum atomic E-state index is 12.1. The second-order valence-electron chi connectivity index (χ2n) is 5.84. The summed E-state index contributed by atoms with van der Waals surface area (Å²) in [6, 6.07) is 17.7. The van der Waals surface area contributed by atoms with Crippen LogP contribution in [-0.2, 0) is 11.3 Å². The molecule has 0 aliphatic carbocycles. The fourth-order valence-electron chi connectivity index (χ4n) is 2.61. The lowest BCUT2D eigenvalue weighted by Gasteiger charge is -2.15. The molecule has 0 unspecified atom stereocenters. The number of nitrogens with one attached hydrogen (secondary N) is 1. The normalized spacial score (nSPS) is 11.1. The highest BCUT2D eigenvalue weighted by Crippen LogP contribution is 2.19. The first-order chi connectivity index (χ1) is 11.1. The topological polar surface area (TPSA) is 45.5 Å². The summed E-state index contributed by atoms with van der Waals surface area (Å²) in [7, 11) is 1.91. The molecule has 4 nitrogen and oxygen atoms in total. The lowest BCUT2D eigenvalue weighted by atomic mass is 10.2. The van der Waals surface area contributed by atoms with Gasteiger partial charge in [-0.1, -0.05) is 30.3 Å². The molecule has 1 aromatic heterocycles. The van der Waals surface area contributed by atoms with E-state index in [0.717, 1.165) is 28.0 Å². The Bertz CT molecular complexity index is 790. The fourth-order valence-corrected chi connectivity index (χ4v) is 2.61. The van der Waals surface area contributed by atoms with Crippen LogP contribution in [-0.4, -0.2) is 24.4 Å². The van der Waals surface area contributed by atoms with Gasteiger partial charge in [-0.05, 0) is 43.8 Å². The molecule has 23 heavy (non-hydrogen) atoms. The third kappa shape index (κ3) is 3.99. The number of nitrogens with zero attached hydrogens (tertiary/aromatic N) is 1. The Hall–Kier alpha value is -2.59. The molecule has 3 aromatic rings. The zero-order chi connectivity index (χ0) is 16.2. The Balaban J connectivity index is 1.58. The molecule has 0 saturated heterocycles. The number of rotatable bonds is 5. The Labute approximate surface area is 135 Å². The molecule has 1 N–H and O–H groups in total. The second kappa shape index (κ2) is 6.67. The molecular weight excluding hydrogens is 288 g/mol. The molecule has 1 heterocycles. The molecule has 0 fully saturated rings. The molecule has 0 spiro atoms. The van der Waals surface area contributed by atoms with Crippen molar-refractivity contribution in [2.45, 2.75) is 13.5 Å². The molecule has 2 aromatic carbocycles. The van der Waals surface area contributed by atoms with Gasteiger partial charge in [-0.25, -0.2) is 0 Å². The van der Waals surface area contributed by atoms with E-state index in [4.69, 9.17) is 4.42 Å². The van der Waals surface area contributed by atoms with E-state index in [0.29, 0.717) is 13.1 Å². The number of carbonyl (C=O) groups excluding carboxylic acids is 1. The molecule has 0 atom stereocenters. The van der Waals surface area contributed by atoms with E-state index in [1.165, 1.54) is 0 Å². The number of anilines is 1. The lowest BCUT2D eigenvalue weighted by Crippen LogP contribution is -2.29. The average Bonchev–Trinajstić information content (AvgIpc) is 2.88. The zero-order valence-corrected chi connectivity index (χ0v) is 13.4. The molecule has 118 valence electrons. The molecule has 0 radical (unpaired) electrons. The summed E-state index contributed by atoms with van der Waals surface area (Å²) < 4.78 is 5.78. The van der Waals surface area contributed by atoms with Gasteiger partial charge in [0.2, 0.25) is 5.91 Å². The SMILES string of the molecule is Cc1cccc(NC(=O)CN(C)Cc2cc3ccccc3o2)c1. The third-order valence-corrected chi connectivity index (χ3v) is 3.62. The number of fused-ring (bicyclic) bond motifs is 1. The number of amides is 1. The maximum absolute atomic E-state index is 12.1. The number of hydrogen-bond acceptors (Lipinski definition) is 3. The van der Waals surface area contributed by atoms with Crippen LogP contribution in [0.15, 0.2) is 59.0 Å². The van der Waals surface area contributed by atoms with Crippen molar-refractivity contribution in [3.8, 4) is 0 Å². The van der Waals surface area contributed by atoms with Gasteiger partial charge >= 0.3 is 0 Å². The van der Waals surface area contributed by atoms with Crippen molar-refractivity contribution in [2.75, 3.05) is 18.9 Å². The molecular formula is C19H20N2O2. The van der Waals surface area contributed by atoms with Crippen LogP contribution in [0.3, 0.4) is 0 Å². The smallest absolute Gasteiger partial charge is 0.238 e. The summed E-state index contributed by atoms with van der Waals surface area (Å²) in [6.07, 6.45) is 0. The van der Waals surface area contributed by atoms with Crippen molar-refractivity contribution in [1.29, 1.82) is 0 Å². The van der Waals surface area contributed by atoms with Gasteiger partial charge in [0.15, 0.2) is 0 Å². The quantitative estimate of drug-likeness (QED) is 0.779. The maximum Gasteiger partial charge on any atom is 0.238 e. The summed E-state index contributed by atoms with van der Waals surface area (Å²) in [5.74, 6) is 0.825. The largest absolute Gasteiger partial charge is 0.460 e. The van der Waals surface area contributed by atoms with Crippen LogP contribution in [0.1, 0.15) is 11.3 Å². The van der Waals surface area contributed by atoms with Crippen LogP contribution in [0.2, 0.25) is 0 Å². The minimum absolute atomic E-state index is 0.0331. The Morgan fingerprint density at radius 3 is 2.74 bits per heavy atom. The first kappa shape index (κ1) is 15.3. The predicted octanol–water partition coefficient (Wildman–Crippen LogP) is 3.81. The first-order valence-corrected chi connectivity index (χ1v) is 7.63.